The molecule has 16 aliphatic carbocycles. The van der Waals surface area contributed by atoms with Gasteiger partial charge in [-0.15, -0.1) is 0 Å². The first kappa shape index (κ1) is 93.2. The summed E-state index contributed by atoms with van der Waals surface area (Å²) >= 11 is 0. The molecule has 0 aliphatic heterocycles. The van der Waals surface area contributed by atoms with Gasteiger partial charge in [0.15, 0.2) is 5.78 Å². The average molecular weight is 1680 g/mol. The van der Waals surface area contributed by atoms with Gasteiger partial charge in [-0.2, -0.15) is 0 Å². The quantitative estimate of drug-likeness (QED) is 0.0353. The van der Waals surface area contributed by atoms with Crippen LogP contribution in [-0.4, -0.2) is 92.6 Å². The van der Waals surface area contributed by atoms with Crippen LogP contribution < -0.4 is 0 Å². The van der Waals surface area contributed by atoms with Crippen LogP contribution in [0.4, 0.5) is 5.69 Å². The summed E-state index contributed by atoms with van der Waals surface area (Å²) in [5, 5.41) is 59.7. The fourth-order valence-electron chi connectivity index (χ4n) is 36.7. The Balaban J connectivity index is 0.000000134. The smallest absolute Gasteiger partial charge is 0.305 e. The van der Waals surface area contributed by atoms with Gasteiger partial charge in [-0.3, -0.25) is 34.1 Å². The molecule has 15 nitrogen and oxygen atoms in total. The number of carboxylic acid groups (broad SMARTS) is 2. The number of hydrogen-bond donors (Lipinski definition) is 5. The molecule has 1 aromatic carbocycles. The van der Waals surface area contributed by atoms with Crippen molar-refractivity contribution in [3.63, 3.8) is 0 Å². The van der Waals surface area contributed by atoms with Crippen LogP contribution in [0.1, 0.15) is 382 Å². The number of carbonyl (C=O) groups excluding carboxylic acids is 3. The first-order chi connectivity index (χ1) is 57.4. The fourth-order valence-corrected chi connectivity index (χ4v) is 36.7. The van der Waals surface area contributed by atoms with E-state index in [1.165, 1.54) is 206 Å². The van der Waals surface area contributed by atoms with Crippen molar-refractivity contribution >= 4 is 35.3 Å². The molecular formula is C106H169NO14. The molecule has 9 unspecified atom stereocenters. The minimum absolute atomic E-state index is 0.0320. The standard InChI is InChI=1S/C33H47NO5.C25H42O3.2C24H40O3/c1-21(5-14-31(36)39-4)27-12-13-28-26-11-8-24-19-22(15-17-32(24,2)29(26)16-18-33(27,28)3)20-30(35)23-6-9-25(10-7-23)34(37)38;1-16(5-10-23(27)28-4)20-8-9-21-19-7-6-17-15-18(26)11-13-24(17,2)22(19)12-14-25(20,21)3;2*1-15(4-9-22(26)27)19-7-8-20-18-6-5-16-14-17(25)10-12-23(16,2)21(18)11-13-24(19,20)3/h6-7,9-10,21-22,24,26-29H,5,8,11-20H2,1-4H3;16-22,26H,5-15H2,1-4H3;2*15-21,25H,4-14H2,1-3H3,(H,26,27)/t21-,22?,24-,26?,27?,28+,29+,32+,33-;16-,17-,18-,19?,20?,21+,22+,24+,25-;2*15-,16-,17-,18?,19?,20+,21+,23+,24-/m1111/s1. The van der Waals surface area contributed by atoms with Gasteiger partial charge in [-0.25, -0.2) is 0 Å². The summed E-state index contributed by atoms with van der Waals surface area (Å²) in [7, 11) is 2.99. The lowest BCUT2D eigenvalue weighted by Gasteiger charge is -2.61. The Bertz CT molecular complexity index is 3650. The number of aliphatic hydroxyl groups is 3. The zero-order valence-electron chi connectivity index (χ0n) is 78.2. The Labute approximate surface area is 731 Å². The van der Waals surface area contributed by atoms with Crippen LogP contribution in [0.15, 0.2) is 24.3 Å². The zero-order valence-corrected chi connectivity index (χ0v) is 78.2. The molecule has 0 saturated heterocycles. The van der Waals surface area contributed by atoms with E-state index in [0.717, 1.165) is 172 Å². The molecule has 0 spiro atoms. The molecule has 5 N–H and O–H groups in total. The summed E-state index contributed by atoms with van der Waals surface area (Å²) < 4.78 is 9.79. The lowest BCUT2D eigenvalue weighted by molar-refractivity contribution is -0.384. The van der Waals surface area contributed by atoms with Crippen molar-refractivity contribution in [2.75, 3.05) is 14.2 Å². The Morgan fingerprint density at radius 2 is 0.628 bits per heavy atom. The molecule has 0 amide bonds. The number of esters is 2. The SMILES string of the molecule is COC(=O)CC[C@@H](C)C1CC[C@H]2C3CC[C@@H]4CC(CC(=O)c5ccc([N+](=O)[O-])cc5)CC[C@]4(C)[C@H]3CC[C@]12C.COC(=O)CC[C@@H](C)C1CC[C@H]2C3CC[C@@H]4C[C@H](O)CC[C@]4(C)[C@H]3CC[C@]12C.C[C@H](CCC(=O)O)C1CC[C@H]2C3CC[C@@H]4C[C@H](O)CC[C@]4(C)[C@H]3CC[C@]12C.C[C@H](CCC(=O)O)C1CC[C@H]2C3CC[C@@H]4C[C@H](O)CC[C@]4(C)[C@H]3CC[C@]12C. The van der Waals surface area contributed by atoms with Crippen molar-refractivity contribution in [1.82, 2.24) is 0 Å². The highest BCUT2D eigenvalue weighted by atomic mass is 16.6. The van der Waals surface area contributed by atoms with Crippen LogP contribution in [-0.2, 0) is 28.7 Å². The van der Waals surface area contributed by atoms with E-state index in [1.54, 1.807) is 12.1 Å². The molecule has 1 aromatic rings. The summed E-state index contributed by atoms with van der Waals surface area (Å²) in [6.45, 7) is 29.9. The number of hydrogen-bond acceptors (Lipinski definition) is 12. The first-order valence-electron chi connectivity index (χ1n) is 50.8. The molecule has 0 radical (unpaired) electrons. The number of nitro benzene ring substituents is 1. The fraction of sp³-hybridized carbons (Fsp3) is 0.896. The molecule has 17 rings (SSSR count). The van der Waals surface area contributed by atoms with Gasteiger partial charge in [0.2, 0.25) is 0 Å². The summed E-state index contributed by atoms with van der Waals surface area (Å²) in [4.78, 5) is 69.0. The van der Waals surface area contributed by atoms with Crippen molar-refractivity contribution in [3.8, 4) is 0 Å². The summed E-state index contributed by atoms with van der Waals surface area (Å²) in [6, 6.07) is 6.11. The van der Waals surface area contributed by atoms with E-state index in [2.05, 4.69) is 83.1 Å². The van der Waals surface area contributed by atoms with E-state index < -0.39 is 16.9 Å². The summed E-state index contributed by atoms with van der Waals surface area (Å²) in [6.07, 6.45) is 51.4. The maximum atomic E-state index is 13.0. The third kappa shape index (κ3) is 17.9. The van der Waals surface area contributed by atoms with Crippen molar-refractivity contribution in [2.45, 2.75) is 390 Å². The van der Waals surface area contributed by atoms with Crippen LogP contribution in [0.25, 0.3) is 0 Å². The number of ether oxygens (including phenoxy) is 2. The van der Waals surface area contributed by atoms with Crippen molar-refractivity contribution < 1.29 is 63.9 Å². The molecule has 16 fully saturated rings. The molecule has 0 bridgehead atoms. The number of aliphatic hydroxyl groups excluding tert-OH is 3. The number of ketones is 1. The van der Waals surface area contributed by atoms with Gasteiger partial charge in [0.1, 0.15) is 0 Å². The maximum Gasteiger partial charge on any atom is 0.305 e. The summed E-state index contributed by atoms with van der Waals surface area (Å²) in [5.41, 5.74) is 4.11. The second-order valence-corrected chi connectivity index (χ2v) is 47.9. The van der Waals surface area contributed by atoms with Crippen LogP contribution in [0, 0.1) is 201 Å². The topological polar surface area (TPSA) is 248 Å². The first-order valence-corrected chi connectivity index (χ1v) is 50.8. The number of carbonyl (C=O) groups is 5. The highest BCUT2D eigenvalue weighted by Crippen LogP contribution is 2.74. The third-order valence-electron chi connectivity index (χ3n) is 43.3. The van der Waals surface area contributed by atoms with Gasteiger partial charge in [-0.05, 0) is 460 Å². The van der Waals surface area contributed by atoms with E-state index in [-0.39, 0.29) is 41.7 Å². The van der Waals surface area contributed by atoms with Crippen LogP contribution >= 0.6 is 0 Å². The number of carboxylic acids is 2. The molecule has 0 aromatic heterocycles. The van der Waals surface area contributed by atoms with Gasteiger partial charge in [0, 0.05) is 49.8 Å². The van der Waals surface area contributed by atoms with Crippen LogP contribution in [0.5, 0.6) is 0 Å². The van der Waals surface area contributed by atoms with E-state index in [4.69, 9.17) is 19.7 Å². The van der Waals surface area contributed by atoms with Crippen molar-refractivity contribution in [2.24, 2.45) is 191 Å². The second kappa shape index (κ2) is 37.3. The maximum absolute atomic E-state index is 13.0. The van der Waals surface area contributed by atoms with E-state index in [1.807, 2.05) is 0 Å². The number of aliphatic carboxylic acids is 2. The van der Waals surface area contributed by atoms with Gasteiger partial charge in [-0.1, -0.05) is 83.1 Å². The molecule has 16 aliphatic rings. The predicted octanol–water partition coefficient (Wildman–Crippen LogP) is 24.6. The Hall–Kier alpha value is -3.95. The van der Waals surface area contributed by atoms with Crippen molar-refractivity contribution in [1.29, 1.82) is 0 Å². The number of benzene rings is 1. The van der Waals surface area contributed by atoms with E-state index >= 15 is 0 Å². The Morgan fingerprint density at radius 3 is 0.909 bits per heavy atom. The Kier molecular flexibility index (Phi) is 28.7. The molecule has 682 valence electrons. The largest absolute Gasteiger partial charge is 0.481 e. The summed E-state index contributed by atoms with van der Waals surface area (Å²) in [5.74, 6) is 17.4. The number of nitrogens with zero attached hydrogens (tertiary/aromatic N) is 1. The highest BCUT2D eigenvalue weighted by molar-refractivity contribution is 5.96. The monoisotopic (exact) mass is 1680 g/mol. The second-order valence-electron chi connectivity index (χ2n) is 47.9. The number of nitro groups is 1. The minimum Gasteiger partial charge on any atom is -0.481 e. The highest BCUT2D eigenvalue weighted by Gasteiger charge is 2.66. The molecule has 36 atom stereocenters. The van der Waals surface area contributed by atoms with Crippen LogP contribution in [0.2, 0.25) is 0 Å². The molecular weight excluding hydrogens is 1510 g/mol. The van der Waals surface area contributed by atoms with Gasteiger partial charge in [0.25, 0.3) is 5.69 Å². The normalized spacial score (nSPS) is 46.1. The number of fused-ring (bicyclic) bond motifs is 20. The zero-order chi connectivity index (χ0) is 86.8. The third-order valence-corrected chi connectivity index (χ3v) is 43.3. The molecule has 16 saturated carbocycles. The molecule has 121 heavy (non-hydrogen) atoms. The number of rotatable bonds is 20. The lowest BCUT2D eigenvalue weighted by Crippen LogP contribution is -2.54. The van der Waals surface area contributed by atoms with Gasteiger partial charge >= 0.3 is 23.9 Å². The Morgan fingerprint density at radius 1 is 0.364 bits per heavy atom. The van der Waals surface area contributed by atoms with Crippen molar-refractivity contribution in [3.05, 3.63) is 39.9 Å². The van der Waals surface area contributed by atoms with Gasteiger partial charge < -0.3 is 35.0 Å². The number of Topliss-reactive ketones (excluding diaryl/α,β-unsaturated/α-hetero) is 1. The van der Waals surface area contributed by atoms with E-state index in [0.29, 0.717) is 134 Å². The van der Waals surface area contributed by atoms with Crippen LogP contribution in [0.3, 0.4) is 0 Å². The lowest BCUT2D eigenvalue weighted by atomic mass is 9.44. The minimum atomic E-state index is -0.643. The number of methoxy groups -OCH3 is 2. The predicted molar refractivity (Wildman–Crippen MR) is 477 cm³/mol. The molecule has 15 heteroatoms. The van der Waals surface area contributed by atoms with Gasteiger partial charge in [0.05, 0.1) is 37.5 Å². The molecule has 0 heterocycles. The number of non-ortho nitro benzene ring substituents is 1. The average Bonchev–Trinajstić information content (AvgIpc) is 1.67. The van der Waals surface area contributed by atoms with E-state index in [9.17, 15) is 49.4 Å².